The summed E-state index contributed by atoms with van der Waals surface area (Å²) in [6, 6.07) is 23.4. The molecular formula is C24H19NO3S. The number of para-hydroxylation sites is 2. The quantitative estimate of drug-likeness (QED) is 0.479. The van der Waals surface area contributed by atoms with Crippen LogP contribution < -0.4 is 10.1 Å². The van der Waals surface area contributed by atoms with Crippen LogP contribution in [0.3, 0.4) is 0 Å². The first-order chi connectivity index (χ1) is 14.3. The highest BCUT2D eigenvalue weighted by Crippen LogP contribution is 2.44. The normalized spacial score (nSPS) is 13.8. The number of furan rings is 1. The van der Waals surface area contributed by atoms with E-state index in [-0.39, 0.29) is 11.8 Å². The van der Waals surface area contributed by atoms with Gasteiger partial charge in [-0.1, -0.05) is 42.5 Å². The fourth-order valence-electron chi connectivity index (χ4n) is 3.82. The fraction of sp³-hybridized carbons (Fsp3) is 0.125. The molecule has 0 aliphatic carbocycles. The molecule has 0 radical (unpaired) electrons. The summed E-state index contributed by atoms with van der Waals surface area (Å²) < 4.78 is 11.7. The second kappa shape index (κ2) is 7.60. The SMILES string of the molecule is O=C(NC[C@H](c1ccco1)c1cccs1)C1c2ccccc2Oc2ccccc21. The molecule has 3 heterocycles. The van der Waals surface area contributed by atoms with E-state index in [2.05, 4.69) is 11.4 Å². The molecule has 0 spiro atoms. The molecule has 1 amide bonds. The van der Waals surface area contributed by atoms with E-state index in [1.165, 1.54) is 0 Å². The molecule has 1 aliphatic rings. The zero-order chi connectivity index (χ0) is 19.6. The van der Waals surface area contributed by atoms with Gasteiger partial charge in [-0.05, 0) is 35.7 Å². The zero-order valence-electron chi connectivity index (χ0n) is 15.6. The predicted octanol–water partition coefficient (Wildman–Crippen LogP) is 5.53. The maximum absolute atomic E-state index is 13.4. The number of benzene rings is 2. The average Bonchev–Trinajstić information content (AvgIpc) is 3.47. The maximum atomic E-state index is 13.4. The van der Waals surface area contributed by atoms with Crippen LogP contribution in [0.15, 0.2) is 88.9 Å². The summed E-state index contributed by atoms with van der Waals surface area (Å²) >= 11 is 1.66. The average molecular weight is 401 g/mol. The Kier molecular flexibility index (Phi) is 4.66. The van der Waals surface area contributed by atoms with Gasteiger partial charge in [-0.15, -0.1) is 11.3 Å². The standard InChI is InChI=1S/C24H19NO3S/c26-24(25-15-18(19-11-5-13-27-19)22-12-6-14-29-22)23-16-7-1-3-9-20(16)28-21-10-4-2-8-17(21)23/h1-14,18,23H,15H2,(H,25,26)/t18-/m1/s1. The van der Waals surface area contributed by atoms with E-state index in [9.17, 15) is 4.79 Å². The van der Waals surface area contributed by atoms with E-state index in [1.807, 2.05) is 72.1 Å². The molecule has 144 valence electrons. The summed E-state index contributed by atoms with van der Waals surface area (Å²) in [6.07, 6.45) is 1.67. The summed E-state index contributed by atoms with van der Waals surface area (Å²) in [5, 5.41) is 5.20. The molecule has 0 fully saturated rings. The highest BCUT2D eigenvalue weighted by Gasteiger charge is 2.33. The number of carbonyl (C=O) groups excluding carboxylic acids is 1. The van der Waals surface area contributed by atoms with Crippen molar-refractivity contribution in [2.24, 2.45) is 0 Å². The topological polar surface area (TPSA) is 51.5 Å². The van der Waals surface area contributed by atoms with E-state index in [0.717, 1.165) is 33.3 Å². The number of amides is 1. The van der Waals surface area contributed by atoms with E-state index >= 15 is 0 Å². The van der Waals surface area contributed by atoms with Crippen LogP contribution in [0.4, 0.5) is 0 Å². The Balaban J connectivity index is 1.44. The number of hydrogen-bond acceptors (Lipinski definition) is 4. The number of rotatable bonds is 5. The molecule has 1 atom stereocenters. The molecule has 1 aliphatic heterocycles. The van der Waals surface area contributed by atoms with Crippen LogP contribution in [0.5, 0.6) is 11.5 Å². The lowest BCUT2D eigenvalue weighted by Crippen LogP contribution is -2.34. The third kappa shape index (κ3) is 3.34. The van der Waals surface area contributed by atoms with Crippen LogP contribution >= 0.6 is 11.3 Å². The Morgan fingerprint density at radius 3 is 2.28 bits per heavy atom. The smallest absolute Gasteiger partial charge is 0.232 e. The van der Waals surface area contributed by atoms with Crippen LogP contribution in [0.1, 0.15) is 33.6 Å². The van der Waals surface area contributed by atoms with Gasteiger partial charge in [0.15, 0.2) is 0 Å². The van der Waals surface area contributed by atoms with Gasteiger partial charge in [0.2, 0.25) is 5.91 Å². The molecule has 2 aromatic heterocycles. The number of carbonyl (C=O) groups is 1. The van der Waals surface area contributed by atoms with Gasteiger partial charge in [0, 0.05) is 22.5 Å². The minimum absolute atomic E-state index is 0.0146. The van der Waals surface area contributed by atoms with E-state index in [1.54, 1.807) is 17.6 Å². The molecule has 0 bridgehead atoms. The van der Waals surface area contributed by atoms with E-state index in [0.29, 0.717) is 6.54 Å². The lowest BCUT2D eigenvalue weighted by Gasteiger charge is -2.28. The van der Waals surface area contributed by atoms with Crippen LogP contribution in [0, 0.1) is 0 Å². The summed E-state index contributed by atoms with van der Waals surface area (Å²) in [5.74, 6) is 1.84. The van der Waals surface area contributed by atoms with Crippen molar-refractivity contribution in [3.05, 3.63) is 106 Å². The molecule has 4 nitrogen and oxygen atoms in total. The van der Waals surface area contributed by atoms with Gasteiger partial charge < -0.3 is 14.5 Å². The second-order valence-corrected chi connectivity index (χ2v) is 7.92. The van der Waals surface area contributed by atoms with Crippen molar-refractivity contribution < 1.29 is 13.9 Å². The number of nitrogens with one attached hydrogen (secondary N) is 1. The highest BCUT2D eigenvalue weighted by molar-refractivity contribution is 7.10. The third-order valence-corrected chi connectivity index (χ3v) is 6.18. The largest absolute Gasteiger partial charge is 0.469 e. The summed E-state index contributed by atoms with van der Waals surface area (Å²) in [7, 11) is 0. The highest BCUT2D eigenvalue weighted by atomic mass is 32.1. The second-order valence-electron chi connectivity index (χ2n) is 6.94. The Labute approximate surface area is 172 Å². The molecule has 5 rings (SSSR count). The van der Waals surface area contributed by atoms with Crippen LogP contribution in [-0.4, -0.2) is 12.5 Å². The first-order valence-electron chi connectivity index (χ1n) is 9.51. The minimum Gasteiger partial charge on any atom is -0.469 e. The van der Waals surface area contributed by atoms with Gasteiger partial charge in [0.25, 0.3) is 0 Å². The van der Waals surface area contributed by atoms with Gasteiger partial charge >= 0.3 is 0 Å². The molecule has 0 unspecified atom stereocenters. The van der Waals surface area contributed by atoms with Gasteiger partial charge in [0.05, 0.1) is 18.1 Å². The summed E-state index contributed by atoms with van der Waals surface area (Å²) in [4.78, 5) is 14.5. The van der Waals surface area contributed by atoms with Crippen molar-refractivity contribution in [2.75, 3.05) is 6.54 Å². The van der Waals surface area contributed by atoms with Gasteiger partial charge in [-0.3, -0.25) is 4.79 Å². The molecular weight excluding hydrogens is 382 g/mol. The van der Waals surface area contributed by atoms with Crippen molar-refractivity contribution in [3.8, 4) is 11.5 Å². The molecule has 2 aromatic carbocycles. The van der Waals surface area contributed by atoms with E-state index < -0.39 is 5.92 Å². The number of thiophene rings is 1. The number of fused-ring (bicyclic) bond motifs is 2. The number of ether oxygens (including phenoxy) is 1. The first-order valence-corrected chi connectivity index (χ1v) is 10.4. The number of hydrogen-bond donors (Lipinski definition) is 1. The van der Waals surface area contributed by atoms with Crippen molar-refractivity contribution in [3.63, 3.8) is 0 Å². The molecule has 4 aromatic rings. The molecule has 5 heteroatoms. The maximum Gasteiger partial charge on any atom is 0.232 e. The fourth-order valence-corrected chi connectivity index (χ4v) is 4.65. The van der Waals surface area contributed by atoms with Crippen molar-refractivity contribution >= 4 is 17.2 Å². The van der Waals surface area contributed by atoms with Crippen molar-refractivity contribution in [1.82, 2.24) is 5.32 Å². The van der Waals surface area contributed by atoms with Gasteiger partial charge in [0.1, 0.15) is 17.3 Å². The summed E-state index contributed by atoms with van der Waals surface area (Å²) in [6.45, 7) is 0.467. The minimum atomic E-state index is -0.406. The summed E-state index contributed by atoms with van der Waals surface area (Å²) in [5.41, 5.74) is 1.77. The Bertz CT molecular complexity index is 1040. The van der Waals surface area contributed by atoms with Gasteiger partial charge in [-0.25, -0.2) is 0 Å². The zero-order valence-corrected chi connectivity index (χ0v) is 16.4. The molecule has 0 saturated carbocycles. The predicted molar refractivity (Wildman–Crippen MR) is 113 cm³/mol. The van der Waals surface area contributed by atoms with E-state index in [4.69, 9.17) is 9.15 Å². The van der Waals surface area contributed by atoms with Crippen LogP contribution in [-0.2, 0) is 4.79 Å². The molecule has 1 N–H and O–H groups in total. The van der Waals surface area contributed by atoms with Crippen LogP contribution in [0.2, 0.25) is 0 Å². The Morgan fingerprint density at radius 2 is 1.66 bits per heavy atom. The van der Waals surface area contributed by atoms with Gasteiger partial charge in [-0.2, -0.15) is 0 Å². The lowest BCUT2D eigenvalue weighted by molar-refractivity contribution is -0.121. The van der Waals surface area contributed by atoms with Crippen LogP contribution in [0.25, 0.3) is 0 Å². The molecule has 0 saturated heterocycles. The molecule has 29 heavy (non-hydrogen) atoms. The Morgan fingerprint density at radius 1 is 0.931 bits per heavy atom. The van der Waals surface area contributed by atoms with Crippen molar-refractivity contribution in [2.45, 2.75) is 11.8 Å². The Hall–Kier alpha value is -3.31. The first kappa shape index (κ1) is 17.8. The monoisotopic (exact) mass is 401 g/mol. The lowest BCUT2D eigenvalue weighted by atomic mass is 9.87. The van der Waals surface area contributed by atoms with Crippen molar-refractivity contribution in [1.29, 1.82) is 0 Å². The third-order valence-electron chi connectivity index (χ3n) is 5.20.